The van der Waals surface area contributed by atoms with E-state index in [1.165, 1.54) is 51.5 Å². The minimum atomic E-state index is 0.810. The molecule has 0 aromatic heterocycles. The van der Waals surface area contributed by atoms with Gasteiger partial charge in [-0.2, -0.15) is 0 Å². The van der Waals surface area contributed by atoms with Crippen LogP contribution in [0.3, 0.4) is 0 Å². The molecule has 0 amide bonds. The molecule has 2 unspecified atom stereocenters. The van der Waals surface area contributed by atoms with Crippen LogP contribution in [0.1, 0.15) is 65.7 Å². The largest absolute Gasteiger partial charge is 0.313 e. The van der Waals surface area contributed by atoms with Crippen molar-refractivity contribution in [2.24, 2.45) is 11.8 Å². The Balaban J connectivity index is 2.44. The van der Waals surface area contributed by atoms with Crippen LogP contribution in [0.2, 0.25) is 0 Å². The SMILES string of the molecule is CCCCC(CCC)C1NCCC[C@@H]1C. The normalized spacial score (nSPS) is 29.0. The van der Waals surface area contributed by atoms with Gasteiger partial charge in [-0.15, -0.1) is 0 Å². The molecular formula is C14H29N. The molecule has 1 heterocycles. The van der Waals surface area contributed by atoms with E-state index in [1.807, 2.05) is 0 Å². The second-order valence-corrected chi connectivity index (χ2v) is 5.29. The van der Waals surface area contributed by atoms with Crippen LogP contribution >= 0.6 is 0 Å². The standard InChI is InChI=1S/C14H29N/c1-4-6-10-13(8-5-2)14-12(3)9-7-11-15-14/h12-15H,4-11H2,1-3H3/t12-,13?,14?/m0/s1. The zero-order valence-corrected chi connectivity index (χ0v) is 10.9. The van der Waals surface area contributed by atoms with Crippen molar-refractivity contribution in [2.45, 2.75) is 71.8 Å². The second-order valence-electron chi connectivity index (χ2n) is 5.29. The highest BCUT2D eigenvalue weighted by Gasteiger charge is 2.27. The quantitative estimate of drug-likeness (QED) is 0.700. The van der Waals surface area contributed by atoms with Gasteiger partial charge < -0.3 is 5.32 Å². The van der Waals surface area contributed by atoms with Crippen molar-refractivity contribution in [1.82, 2.24) is 5.32 Å². The van der Waals surface area contributed by atoms with Crippen LogP contribution in [-0.4, -0.2) is 12.6 Å². The molecule has 1 fully saturated rings. The number of hydrogen-bond acceptors (Lipinski definition) is 1. The lowest BCUT2D eigenvalue weighted by Gasteiger charge is -2.36. The first-order chi connectivity index (χ1) is 7.29. The van der Waals surface area contributed by atoms with Crippen LogP contribution in [0, 0.1) is 11.8 Å². The van der Waals surface area contributed by atoms with Crippen LogP contribution < -0.4 is 5.32 Å². The first kappa shape index (κ1) is 13.0. The molecule has 0 bridgehead atoms. The summed E-state index contributed by atoms with van der Waals surface area (Å²) in [5.41, 5.74) is 0. The van der Waals surface area contributed by atoms with Gasteiger partial charge in [0.25, 0.3) is 0 Å². The number of piperidine rings is 1. The minimum absolute atomic E-state index is 0.810. The van der Waals surface area contributed by atoms with Crippen molar-refractivity contribution in [3.63, 3.8) is 0 Å². The van der Waals surface area contributed by atoms with Gasteiger partial charge in [0.1, 0.15) is 0 Å². The van der Waals surface area contributed by atoms with Gasteiger partial charge in [0.15, 0.2) is 0 Å². The summed E-state index contributed by atoms with van der Waals surface area (Å²) in [4.78, 5) is 0. The first-order valence-corrected chi connectivity index (χ1v) is 7.03. The molecule has 3 atom stereocenters. The van der Waals surface area contributed by atoms with E-state index in [0.717, 1.165) is 17.9 Å². The van der Waals surface area contributed by atoms with Gasteiger partial charge >= 0.3 is 0 Å². The molecule has 90 valence electrons. The van der Waals surface area contributed by atoms with E-state index in [1.54, 1.807) is 0 Å². The topological polar surface area (TPSA) is 12.0 Å². The molecule has 1 aliphatic heterocycles. The van der Waals surface area contributed by atoms with E-state index in [0.29, 0.717) is 0 Å². The third-order valence-corrected chi connectivity index (χ3v) is 3.93. The molecule has 1 nitrogen and oxygen atoms in total. The van der Waals surface area contributed by atoms with Crippen molar-refractivity contribution in [3.05, 3.63) is 0 Å². The fourth-order valence-electron chi connectivity index (χ4n) is 3.05. The summed E-state index contributed by atoms with van der Waals surface area (Å²) in [6, 6.07) is 0.810. The molecule has 0 aliphatic carbocycles. The molecular weight excluding hydrogens is 182 g/mol. The van der Waals surface area contributed by atoms with Crippen LogP contribution in [0.5, 0.6) is 0 Å². The van der Waals surface area contributed by atoms with E-state index >= 15 is 0 Å². The molecule has 0 saturated carbocycles. The maximum absolute atomic E-state index is 3.76. The number of rotatable bonds is 6. The van der Waals surface area contributed by atoms with Crippen molar-refractivity contribution >= 4 is 0 Å². The van der Waals surface area contributed by atoms with Gasteiger partial charge in [-0.05, 0) is 44.1 Å². The number of hydrogen-bond donors (Lipinski definition) is 1. The highest BCUT2D eigenvalue weighted by molar-refractivity contribution is 4.84. The summed E-state index contributed by atoms with van der Waals surface area (Å²) in [5.74, 6) is 1.83. The predicted octanol–water partition coefficient (Wildman–Crippen LogP) is 3.98. The van der Waals surface area contributed by atoms with Crippen LogP contribution in [0.4, 0.5) is 0 Å². The Morgan fingerprint density at radius 2 is 2.00 bits per heavy atom. The monoisotopic (exact) mass is 211 g/mol. The summed E-state index contributed by atoms with van der Waals surface area (Å²) >= 11 is 0. The Morgan fingerprint density at radius 3 is 2.60 bits per heavy atom. The number of nitrogens with one attached hydrogen (secondary N) is 1. The summed E-state index contributed by atoms with van der Waals surface area (Å²) in [6.45, 7) is 8.32. The Bertz CT molecular complexity index is 155. The molecule has 1 rings (SSSR count). The van der Waals surface area contributed by atoms with Crippen LogP contribution in [0.25, 0.3) is 0 Å². The van der Waals surface area contributed by atoms with Crippen molar-refractivity contribution in [2.75, 3.05) is 6.54 Å². The summed E-state index contributed by atoms with van der Waals surface area (Å²) in [6.07, 6.45) is 9.78. The van der Waals surface area contributed by atoms with E-state index < -0.39 is 0 Å². The molecule has 1 aliphatic rings. The molecule has 0 spiro atoms. The summed E-state index contributed by atoms with van der Waals surface area (Å²) < 4.78 is 0. The van der Waals surface area contributed by atoms with E-state index in [9.17, 15) is 0 Å². The molecule has 1 N–H and O–H groups in total. The molecule has 0 aromatic rings. The lowest BCUT2D eigenvalue weighted by molar-refractivity contribution is 0.200. The Labute approximate surface area is 96.0 Å². The molecule has 0 aromatic carbocycles. The van der Waals surface area contributed by atoms with E-state index in [-0.39, 0.29) is 0 Å². The zero-order chi connectivity index (χ0) is 11.1. The van der Waals surface area contributed by atoms with Crippen molar-refractivity contribution in [3.8, 4) is 0 Å². The van der Waals surface area contributed by atoms with Crippen LogP contribution in [0.15, 0.2) is 0 Å². The van der Waals surface area contributed by atoms with Crippen molar-refractivity contribution < 1.29 is 0 Å². The van der Waals surface area contributed by atoms with Gasteiger partial charge in [0.2, 0.25) is 0 Å². The van der Waals surface area contributed by atoms with Gasteiger partial charge in [-0.25, -0.2) is 0 Å². The van der Waals surface area contributed by atoms with Gasteiger partial charge in [0, 0.05) is 6.04 Å². The average molecular weight is 211 g/mol. The lowest BCUT2D eigenvalue weighted by Crippen LogP contribution is -2.45. The van der Waals surface area contributed by atoms with Crippen LogP contribution in [-0.2, 0) is 0 Å². The third kappa shape index (κ3) is 4.14. The lowest BCUT2D eigenvalue weighted by atomic mass is 9.79. The molecule has 1 saturated heterocycles. The Hall–Kier alpha value is -0.0400. The molecule has 1 heteroatoms. The Morgan fingerprint density at radius 1 is 1.20 bits per heavy atom. The van der Waals surface area contributed by atoms with E-state index in [2.05, 4.69) is 26.1 Å². The smallest absolute Gasteiger partial charge is 0.0121 e. The highest BCUT2D eigenvalue weighted by atomic mass is 14.9. The second kappa shape index (κ2) is 7.27. The molecule has 0 radical (unpaired) electrons. The van der Waals surface area contributed by atoms with Gasteiger partial charge in [0.05, 0.1) is 0 Å². The highest BCUT2D eigenvalue weighted by Crippen LogP contribution is 2.28. The average Bonchev–Trinajstić information content (AvgIpc) is 2.25. The third-order valence-electron chi connectivity index (χ3n) is 3.93. The zero-order valence-electron chi connectivity index (χ0n) is 10.9. The first-order valence-electron chi connectivity index (χ1n) is 7.03. The minimum Gasteiger partial charge on any atom is -0.313 e. The van der Waals surface area contributed by atoms with Crippen molar-refractivity contribution in [1.29, 1.82) is 0 Å². The van der Waals surface area contributed by atoms with E-state index in [4.69, 9.17) is 0 Å². The predicted molar refractivity (Wildman–Crippen MR) is 68.1 cm³/mol. The number of unbranched alkanes of at least 4 members (excludes halogenated alkanes) is 1. The Kier molecular flexibility index (Phi) is 6.31. The van der Waals surface area contributed by atoms with Gasteiger partial charge in [-0.3, -0.25) is 0 Å². The fraction of sp³-hybridized carbons (Fsp3) is 1.00. The fourth-order valence-corrected chi connectivity index (χ4v) is 3.05. The summed E-state index contributed by atoms with van der Waals surface area (Å²) in [7, 11) is 0. The summed E-state index contributed by atoms with van der Waals surface area (Å²) in [5, 5.41) is 3.76. The maximum atomic E-state index is 3.76. The van der Waals surface area contributed by atoms with Gasteiger partial charge in [-0.1, -0.05) is 40.0 Å². The maximum Gasteiger partial charge on any atom is 0.0121 e. The molecule has 15 heavy (non-hydrogen) atoms.